The molecule has 1 atom stereocenters. The lowest BCUT2D eigenvalue weighted by Crippen LogP contribution is -2.31. The Balaban J connectivity index is 2.12. The molecule has 0 radical (unpaired) electrons. The molecule has 0 bridgehead atoms. The Labute approximate surface area is 202 Å². The highest BCUT2D eigenvalue weighted by Crippen LogP contribution is 2.13. The fourth-order valence-electron chi connectivity index (χ4n) is 3.07. The summed E-state index contributed by atoms with van der Waals surface area (Å²) in [6.07, 6.45) is 13.7. The summed E-state index contributed by atoms with van der Waals surface area (Å²) in [5.41, 5.74) is 5.59. The van der Waals surface area contributed by atoms with E-state index in [1.54, 1.807) is 45.5 Å². The first kappa shape index (κ1) is 27.0. The number of benzene rings is 1. The smallest absolute Gasteiger partial charge is 0.240 e. The first-order chi connectivity index (χ1) is 16.4. The van der Waals surface area contributed by atoms with Crippen LogP contribution in [0, 0.1) is 0 Å². The maximum absolute atomic E-state index is 12.2. The van der Waals surface area contributed by atoms with Crippen LogP contribution in [-0.4, -0.2) is 68.0 Å². The van der Waals surface area contributed by atoms with Gasteiger partial charge in [0.15, 0.2) is 6.40 Å². The Morgan fingerprint density at radius 3 is 2.76 bits per heavy atom. The van der Waals surface area contributed by atoms with Gasteiger partial charge in [-0.1, -0.05) is 24.3 Å². The molecule has 34 heavy (non-hydrogen) atoms. The van der Waals surface area contributed by atoms with Crippen molar-refractivity contribution in [1.29, 1.82) is 0 Å². The molecule has 9 heteroatoms. The molecule has 1 unspecified atom stereocenters. The number of rotatable bonds is 13. The van der Waals surface area contributed by atoms with Crippen LogP contribution >= 0.6 is 0 Å². The number of ether oxygens (including phenoxy) is 2. The van der Waals surface area contributed by atoms with E-state index < -0.39 is 10.0 Å². The third-order valence-corrected chi connectivity index (χ3v) is 6.34. The zero-order chi connectivity index (χ0) is 24.8. The highest BCUT2D eigenvalue weighted by Gasteiger charge is 2.13. The number of nitrogens with zero attached hydrogens (tertiary/aromatic N) is 2. The van der Waals surface area contributed by atoms with Crippen LogP contribution in [0.1, 0.15) is 12.0 Å². The minimum absolute atomic E-state index is 0.0802. The predicted molar refractivity (Wildman–Crippen MR) is 137 cm³/mol. The van der Waals surface area contributed by atoms with Gasteiger partial charge in [-0.25, -0.2) is 13.1 Å². The zero-order valence-electron chi connectivity index (χ0n) is 20.0. The number of hydrogen-bond acceptors (Lipinski definition) is 7. The molecular weight excluding hydrogens is 452 g/mol. The quantitative estimate of drug-likeness (QED) is 0.255. The first-order valence-electron chi connectivity index (χ1n) is 10.7. The number of hydrogen-bond donors (Lipinski definition) is 2. The number of aliphatic imine (C=N–C) groups is 2. The van der Waals surface area contributed by atoms with Gasteiger partial charge in [0.05, 0.1) is 31.4 Å². The van der Waals surface area contributed by atoms with Gasteiger partial charge in [0.1, 0.15) is 5.76 Å². The largest absolute Gasteiger partial charge is 0.496 e. The van der Waals surface area contributed by atoms with E-state index in [-0.39, 0.29) is 10.9 Å². The molecule has 0 amide bonds. The summed E-state index contributed by atoms with van der Waals surface area (Å²) in [5, 5.41) is 3.48. The monoisotopic (exact) mass is 484 g/mol. The molecule has 1 aliphatic rings. The van der Waals surface area contributed by atoms with Crippen molar-refractivity contribution in [2.24, 2.45) is 9.98 Å². The maximum Gasteiger partial charge on any atom is 0.240 e. The van der Waals surface area contributed by atoms with Gasteiger partial charge in [0.2, 0.25) is 10.0 Å². The summed E-state index contributed by atoms with van der Waals surface area (Å²) in [7, 11) is 2.70. The van der Waals surface area contributed by atoms with E-state index in [4.69, 9.17) is 9.47 Å². The Morgan fingerprint density at radius 1 is 1.24 bits per heavy atom. The van der Waals surface area contributed by atoms with Gasteiger partial charge in [-0.3, -0.25) is 9.98 Å². The van der Waals surface area contributed by atoms with Gasteiger partial charge in [0.25, 0.3) is 0 Å². The first-order valence-corrected chi connectivity index (χ1v) is 12.2. The van der Waals surface area contributed by atoms with Crippen LogP contribution in [0.15, 0.2) is 92.7 Å². The molecule has 0 aromatic heterocycles. The molecular formula is C25H32N4O4S. The second-order valence-corrected chi connectivity index (χ2v) is 9.08. The lowest BCUT2D eigenvalue weighted by molar-refractivity contribution is 0.307. The molecule has 1 aromatic carbocycles. The molecule has 0 heterocycles. The zero-order valence-corrected chi connectivity index (χ0v) is 20.8. The Bertz CT molecular complexity index is 1140. The van der Waals surface area contributed by atoms with Gasteiger partial charge < -0.3 is 14.8 Å². The molecule has 0 fully saturated rings. The summed E-state index contributed by atoms with van der Waals surface area (Å²) < 4.78 is 36.8. The summed E-state index contributed by atoms with van der Waals surface area (Å²) in [6.45, 7) is 1.18. The average molecular weight is 485 g/mol. The van der Waals surface area contributed by atoms with Gasteiger partial charge in [0, 0.05) is 24.7 Å². The van der Waals surface area contributed by atoms with E-state index in [0.29, 0.717) is 24.4 Å². The molecule has 2 N–H and O–H groups in total. The van der Waals surface area contributed by atoms with Crippen LogP contribution in [0.2, 0.25) is 0 Å². The van der Waals surface area contributed by atoms with Crippen molar-refractivity contribution in [3.63, 3.8) is 0 Å². The predicted octanol–water partition coefficient (Wildman–Crippen LogP) is 2.77. The van der Waals surface area contributed by atoms with Crippen molar-refractivity contribution in [3.05, 3.63) is 83.3 Å². The normalized spacial score (nSPS) is 15.4. The SMILES string of the molecule is CN=C(C=CC(CN=COC)NCCC1=CC=C(OC)C=C=C1)c1cccc(S(=O)(=O)NC)c1. The van der Waals surface area contributed by atoms with Gasteiger partial charge >= 0.3 is 0 Å². The van der Waals surface area contributed by atoms with Crippen LogP contribution in [-0.2, 0) is 19.5 Å². The minimum Gasteiger partial charge on any atom is -0.496 e. The molecule has 8 nitrogen and oxygen atoms in total. The maximum atomic E-state index is 12.2. The van der Waals surface area contributed by atoms with Gasteiger partial charge in [-0.15, -0.1) is 5.73 Å². The van der Waals surface area contributed by atoms with Gasteiger partial charge in [-0.05, 0) is 55.9 Å². The minimum atomic E-state index is -3.54. The fraction of sp³-hybridized carbons (Fsp3) is 0.320. The van der Waals surface area contributed by atoms with E-state index in [9.17, 15) is 8.42 Å². The summed E-state index contributed by atoms with van der Waals surface area (Å²) in [6, 6.07) is 6.59. The highest BCUT2D eigenvalue weighted by molar-refractivity contribution is 7.89. The summed E-state index contributed by atoms with van der Waals surface area (Å²) >= 11 is 0. The lowest BCUT2D eigenvalue weighted by atomic mass is 10.1. The van der Waals surface area contributed by atoms with Crippen molar-refractivity contribution in [2.45, 2.75) is 17.4 Å². The van der Waals surface area contributed by atoms with Crippen LogP contribution < -0.4 is 10.0 Å². The Morgan fingerprint density at radius 2 is 2.06 bits per heavy atom. The number of sulfonamides is 1. The molecule has 0 spiro atoms. The van der Waals surface area contributed by atoms with Crippen molar-refractivity contribution in [1.82, 2.24) is 10.0 Å². The fourth-order valence-corrected chi connectivity index (χ4v) is 3.85. The molecule has 1 aliphatic carbocycles. The Hall–Kier alpha value is -3.23. The molecule has 2 rings (SSSR count). The van der Waals surface area contributed by atoms with Crippen molar-refractivity contribution >= 4 is 22.1 Å². The van der Waals surface area contributed by atoms with Crippen LogP contribution in [0.3, 0.4) is 0 Å². The summed E-state index contributed by atoms with van der Waals surface area (Å²) in [4.78, 5) is 8.79. The van der Waals surface area contributed by atoms with Crippen LogP contribution in [0.5, 0.6) is 0 Å². The van der Waals surface area contributed by atoms with E-state index >= 15 is 0 Å². The topological polar surface area (TPSA) is 101 Å². The number of nitrogens with one attached hydrogen (secondary N) is 2. The van der Waals surface area contributed by atoms with E-state index in [2.05, 4.69) is 25.8 Å². The molecule has 1 aromatic rings. The van der Waals surface area contributed by atoms with Crippen LogP contribution in [0.25, 0.3) is 0 Å². The van der Waals surface area contributed by atoms with Crippen molar-refractivity contribution in [3.8, 4) is 0 Å². The van der Waals surface area contributed by atoms with E-state index in [1.165, 1.54) is 13.4 Å². The standard InChI is InChI=1S/C25H32N4O4S/c1-26-25(21-8-6-10-24(17-21)34(30,31)27-2)14-12-22(18-28-19-32-3)29-16-15-20-7-5-9-23(33-4)13-11-20/h6-14,17,19,22,27,29H,15-16,18H2,1-4H3. The van der Waals surface area contributed by atoms with Crippen LogP contribution in [0.4, 0.5) is 0 Å². The van der Waals surface area contributed by atoms with E-state index in [0.717, 1.165) is 17.8 Å². The number of methoxy groups -OCH3 is 2. The number of allylic oxidation sites excluding steroid dienone is 4. The van der Waals surface area contributed by atoms with Crippen molar-refractivity contribution in [2.75, 3.05) is 41.4 Å². The van der Waals surface area contributed by atoms with Crippen molar-refractivity contribution < 1.29 is 17.9 Å². The molecule has 0 saturated heterocycles. The second kappa shape index (κ2) is 14.1. The molecule has 0 aliphatic heterocycles. The lowest BCUT2D eigenvalue weighted by Gasteiger charge is -2.13. The second-order valence-electron chi connectivity index (χ2n) is 7.19. The Kier molecular flexibility index (Phi) is 11.2. The molecule has 0 saturated carbocycles. The van der Waals surface area contributed by atoms with Gasteiger partial charge in [-0.2, -0.15) is 0 Å². The van der Waals surface area contributed by atoms with E-state index in [1.807, 2.05) is 36.4 Å². The third-order valence-electron chi connectivity index (χ3n) is 4.93. The molecule has 182 valence electrons. The third kappa shape index (κ3) is 8.61. The summed E-state index contributed by atoms with van der Waals surface area (Å²) in [5.74, 6) is 0.756. The highest BCUT2D eigenvalue weighted by atomic mass is 32.2. The average Bonchev–Trinajstić information content (AvgIpc) is 3.09.